The molecule has 14 heteroatoms. The van der Waals surface area contributed by atoms with E-state index in [1.165, 1.54) is 35.6 Å². The van der Waals surface area contributed by atoms with Crippen LogP contribution in [-0.2, 0) is 6.18 Å². The summed E-state index contributed by atoms with van der Waals surface area (Å²) in [5, 5.41) is 20.8. The number of aromatic nitrogens is 4. The van der Waals surface area contributed by atoms with Crippen molar-refractivity contribution in [2.45, 2.75) is 24.7 Å². The lowest BCUT2D eigenvalue weighted by molar-refractivity contribution is -0.137. The molecule has 0 radical (unpaired) electrons. The fraction of sp³-hybridized carbons (Fsp3) is 0.348. The molecule has 194 valence electrons. The Bertz CT molecular complexity index is 1290. The molecule has 37 heavy (non-hydrogen) atoms. The molecule has 2 aliphatic rings. The van der Waals surface area contributed by atoms with Crippen LogP contribution in [0.25, 0.3) is 11.4 Å². The maximum atomic E-state index is 13.3. The number of nitrogens with zero attached hydrogens (tertiary/aromatic N) is 6. The van der Waals surface area contributed by atoms with Crippen molar-refractivity contribution in [1.29, 1.82) is 0 Å². The summed E-state index contributed by atoms with van der Waals surface area (Å²) < 4.78 is 44.9. The van der Waals surface area contributed by atoms with Crippen molar-refractivity contribution in [1.82, 2.24) is 19.9 Å². The average molecular weight is 517 g/mol. The largest absolute Gasteiger partial charge is 0.488 e. The van der Waals surface area contributed by atoms with Gasteiger partial charge in [0, 0.05) is 18.7 Å². The van der Waals surface area contributed by atoms with Gasteiger partial charge in [-0.25, -0.2) is 24.7 Å². The number of benzene rings is 1. The predicted octanol–water partition coefficient (Wildman–Crippen LogP) is 2.32. The summed E-state index contributed by atoms with van der Waals surface area (Å²) in [6, 6.07) is 3.95. The summed E-state index contributed by atoms with van der Waals surface area (Å²) in [6.45, 7) is 0.635. The highest BCUT2D eigenvalue weighted by atomic mass is 19.4. The zero-order chi connectivity index (χ0) is 26.2. The van der Waals surface area contributed by atoms with Gasteiger partial charge in [-0.3, -0.25) is 10.2 Å². The van der Waals surface area contributed by atoms with Crippen molar-refractivity contribution in [3.8, 4) is 17.1 Å². The SMILES string of the molecule is O=C(Nc1ncc(OC[C@@H](O)CO)cn1)N1c2nc(-c3cccc(C(F)(F)F)c3)ncc2N2CCC1C2. The Morgan fingerprint density at radius 3 is 2.73 bits per heavy atom. The van der Waals surface area contributed by atoms with Crippen LogP contribution in [0.15, 0.2) is 42.9 Å². The number of halogens is 3. The molecule has 11 nitrogen and oxygen atoms in total. The molecule has 2 amide bonds. The molecule has 2 atom stereocenters. The zero-order valence-corrected chi connectivity index (χ0v) is 19.3. The first-order valence-corrected chi connectivity index (χ1v) is 11.4. The van der Waals surface area contributed by atoms with Gasteiger partial charge in [-0.05, 0) is 18.6 Å². The molecular formula is C23H22F3N7O4. The van der Waals surface area contributed by atoms with Gasteiger partial charge >= 0.3 is 12.2 Å². The zero-order valence-electron chi connectivity index (χ0n) is 19.3. The van der Waals surface area contributed by atoms with Gasteiger partial charge < -0.3 is 19.8 Å². The standard InChI is InChI=1S/C23H22F3N7O4/c24-23(25,26)14-3-1-2-13(6-14)19-27-9-18-20(30-19)33(15-4-5-32(18)10-15)22(36)31-21-28-7-17(8-29-21)37-12-16(35)11-34/h1-3,6-9,15-16,34-35H,4-5,10-12H2,(H,28,29,31,36)/t15?,16-/m0/s1. The van der Waals surface area contributed by atoms with Crippen LogP contribution in [-0.4, -0.2) is 74.6 Å². The Labute approximate surface area is 208 Å². The first kappa shape index (κ1) is 24.6. The van der Waals surface area contributed by atoms with Gasteiger partial charge in [0.05, 0.1) is 42.5 Å². The van der Waals surface area contributed by atoms with Gasteiger partial charge in [0.1, 0.15) is 12.7 Å². The molecule has 2 bridgehead atoms. The van der Waals surface area contributed by atoms with Crippen LogP contribution in [0.1, 0.15) is 12.0 Å². The van der Waals surface area contributed by atoms with Gasteiger partial charge in [0.2, 0.25) is 5.95 Å². The number of hydrogen-bond donors (Lipinski definition) is 3. The van der Waals surface area contributed by atoms with Gasteiger partial charge in [0.15, 0.2) is 17.4 Å². The van der Waals surface area contributed by atoms with E-state index in [0.29, 0.717) is 25.2 Å². The molecule has 3 aromatic rings. The topological polar surface area (TPSA) is 137 Å². The number of alkyl halides is 3. The maximum Gasteiger partial charge on any atom is 0.416 e. The highest BCUT2D eigenvalue weighted by Crippen LogP contribution is 2.40. The average Bonchev–Trinajstić information content (AvgIpc) is 3.31. The number of carbonyl (C=O) groups is 1. The molecule has 1 aromatic carbocycles. The van der Waals surface area contributed by atoms with E-state index in [9.17, 15) is 23.1 Å². The van der Waals surface area contributed by atoms with Crippen LogP contribution in [0.5, 0.6) is 5.75 Å². The fourth-order valence-electron chi connectivity index (χ4n) is 4.20. The van der Waals surface area contributed by atoms with E-state index in [4.69, 9.17) is 9.84 Å². The Kier molecular flexibility index (Phi) is 6.52. The van der Waals surface area contributed by atoms with Gasteiger partial charge in [-0.15, -0.1) is 0 Å². The minimum Gasteiger partial charge on any atom is -0.488 e. The number of amides is 2. The molecule has 2 aliphatic heterocycles. The van der Waals surface area contributed by atoms with E-state index in [0.717, 1.165) is 12.1 Å². The third-order valence-electron chi connectivity index (χ3n) is 6.01. The van der Waals surface area contributed by atoms with E-state index in [1.54, 1.807) is 0 Å². The third-order valence-corrected chi connectivity index (χ3v) is 6.01. The maximum absolute atomic E-state index is 13.3. The number of nitrogens with one attached hydrogen (secondary N) is 1. The lowest BCUT2D eigenvalue weighted by atomic mass is 10.1. The first-order chi connectivity index (χ1) is 17.7. The molecule has 0 spiro atoms. The van der Waals surface area contributed by atoms with E-state index >= 15 is 0 Å². The van der Waals surface area contributed by atoms with Crippen LogP contribution in [0.3, 0.4) is 0 Å². The highest BCUT2D eigenvalue weighted by Gasteiger charge is 2.41. The number of aliphatic hydroxyl groups is 2. The quantitative estimate of drug-likeness (QED) is 0.450. The van der Waals surface area contributed by atoms with Crippen molar-refractivity contribution >= 4 is 23.5 Å². The number of carbonyl (C=O) groups excluding carboxylic acids is 1. The molecule has 1 unspecified atom stereocenters. The number of rotatable bonds is 6. The van der Waals surface area contributed by atoms with Crippen molar-refractivity contribution in [3.63, 3.8) is 0 Å². The highest BCUT2D eigenvalue weighted by molar-refractivity contribution is 6.03. The van der Waals surface area contributed by atoms with E-state index in [1.807, 2.05) is 4.90 Å². The van der Waals surface area contributed by atoms with E-state index in [2.05, 4.69) is 25.3 Å². The smallest absolute Gasteiger partial charge is 0.416 e. The molecular weight excluding hydrogens is 495 g/mol. The number of hydrogen-bond acceptors (Lipinski definition) is 9. The van der Waals surface area contributed by atoms with Gasteiger partial charge in [-0.1, -0.05) is 12.1 Å². The number of anilines is 3. The monoisotopic (exact) mass is 517 g/mol. The minimum atomic E-state index is -4.51. The molecule has 0 aliphatic carbocycles. The number of ether oxygens (including phenoxy) is 1. The molecule has 0 saturated carbocycles. The number of fused-ring (bicyclic) bond motifs is 4. The fourth-order valence-corrected chi connectivity index (χ4v) is 4.20. The molecule has 1 fully saturated rings. The normalized spacial score (nSPS) is 17.4. The summed E-state index contributed by atoms with van der Waals surface area (Å²) in [5.41, 5.74) is -0.0388. The second kappa shape index (κ2) is 9.78. The summed E-state index contributed by atoms with van der Waals surface area (Å²) in [5.74, 6) is 0.576. The minimum absolute atomic E-state index is 0.00538. The molecule has 4 heterocycles. The molecule has 3 N–H and O–H groups in total. The summed E-state index contributed by atoms with van der Waals surface area (Å²) in [4.78, 5) is 33.7. The second-order valence-electron chi connectivity index (χ2n) is 8.56. The Hall–Kier alpha value is -4.04. The summed E-state index contributed by atoms with van der Waals surface area (Å²) in [6.07, 6.45) is -0.760. The van der Waals surface area contributed by atoms with Crippen LogP contribution >= 0.6 is 0 Å². The van der Waals surface area contributed by atoms with Gasteiger partial charge in [-0.2, -0.15) is 13.2 Å². The van der Waals surface area contributed by atoms with Crippen LogP contribution in [0.2, 0.25) is 0 Å². The van der Waals surface area contributed by atoms with Crippen molar-refractivity contribution in [2.75, 3.05) is 41.4 Å². The van der Waals surface area contributed by atoms with Crippen molar-refractivity contribution in [3.05, 3.63) is 48.4 Å². The van der Waals surface area contributed by atoms with E-state index in [-0.39, 0.29) is 41.6 Å². The lowest BCUT2D eigenvalue weighted by Gasteiger charge is -2.35. The van der Waals surface area contributed by atoms with Crippen LogP contribution in [0, 0.1) is 0 Å². The second-order valence-corrected chi connectivity index (χ2v) is 8.56. The number of urea groups is 1. The van der Waals surface area contributed by atoms with Crippen LogP contribution < -0.4 is 19.9 Å². The summed E-state index contributed by atoms with van der Waals surface area (Å²) in [7, 11) is 0. The summed E-state index contributed by atoms with van der Waals surface area (Å²) >= 11 is 0. The molecule has 5 rings (SSSR count). The van der Waals surface area contributed by atoms with Crippen molar-refractivity contribution < 1.29 is 32.9 Å². The Balaban J connectivity index is 1.39. The number of aliphatic hydroxyl groups excluding tert-OH is 2. The Morgan fingerprint density at radius 2 is 2.00 bits per heavy atom. The molecule has 1 saturated heterocycles. The van der Waals surface area contributed by atoms with Gasteiger partial charge in [0.25, 0.3) is 0 Å². The third kappa shape index (κ3) is 5.11. The first-order valence-electron chi connectivity index (χ1n) is 11.4. The lowest BCUT2D eigenvalue weighted by Crippen LogP contribution is -2.48. The van der Waals surface area contributed by atoms with Crippen molar-refractivity contribution in [2.24, 2.45) is 0 Å². The predicted molar refractivity (Wildman–Crippen MR) is 125 cm³/mol. The van der Waals surface area contributed by atoms with Crippen LogP contribution in [0.4, 0.5) is 35.4 Å². The Morgan fingerprint density at radius 1 is 1.22 bits per heavy atom. The van der Waals surface area contributed by atoms with E-state index < -0.39 is 30.5 Å². The molecule has 2 aromatic heterocycles.